The van der Waals surface area contributed by atoms with E-state index in [1.807, 2.05) is 32.9 Å². The van der Waals surface area contributed by atoms with E-state index in [0.717, 1.165) is 12.5 Å². The molecule has 0 radical (unpaired) electrons. The Bertz CT molecular complexity index is 181. The fourth-order valence-electron chi connectivity index (χ4n) is 0.778. The lowest BCUT2D eigenvalue weighted by Crippen LogP contribution is -2.10. The normalized spacial score (nSPS) is 13.3. The molecular formula is C11H21NO. The molecule has 0 unspecified atom stereocenters. The molecule has 0 aromatic rings. The molecule has 0 amide bonds. The Morgan fingerprint density at radius 3 is 2.31 bits per heavy atom. The second-order valence-corrected chi connectivity index (χ2v) is 3.77. The first kappa shape index (κ1) is 12.2. The van der Waals surface area contributed by atoms with Gasteiger partial charge in [-0.3, -0.25) is 0 Å². The molecular weight excluding hydrogens is 162 g/mol. The number of hydrogen-bond donors (Lipinski definition) is 0. The zero-order valence-corrected chi connectivity index (χ0v) is 9.37. The molecule has 0 aliphatic carbocycles. The Morgan fingerprint density at radius 1 is 1.31 bits per heavy atom. The van der Waals surface area contributed by atoms with Crippen molar-refractivity contribution in [2.75, 3.05) is 6.61 Å². The molecule has 0 bridgehead atoms. The van der Waals surface area contributed by atoms with Crippen molar-refractivity contribution < 1.29 is 4.74 Å². The van der Waals surface area contributed by atoms with Crippen molar-refractivity contribution in [1.82, 2.24) is 0 Å². The molecule has 76 valence electrons. The summed E-state index contributed by atoms with van der Waals surface area (Å²) in [7, 11) is 0. The van der Waals surface area contributed by atoms with Crippen LogP contribution >= 0.6 is 0 Å². The van der Waals surface area contributed by atoms with E-state index in [4.69, 9.17) is 4.74 Å². The molecule has 2 nitrogen and oxygen atoms in total. The number of allylic oxidation sites excluding steroid dienone is 1. The van der Waals surface area contributed by atoms with Gasteiger partial charge < -0.3 is 4.74 Å². The second kappa shape index (κ2) is 6.70. The third kappa shape index (κ3) is 7.57. The molecule has 0 aliphatic rings. The molecule has 2 heteroatoms. The number of ether oxygens (including phenoxy) is 1. The maximum atomic E-state index is 5.52. The fraction of sp³-hybridized carbons (Fsp3) is 0.727. The van der Waals surface area contributed by atoms with Gasteiger partial charge in [-0.2, -0.15) is 0 Å². The summed E-state index contributed by atoms with van der Waals surface area (Å²) in [6.07, 6.45) is 3.85. The minimum Gasteiger partial charge on any atom is -0.478 e. The van der Waals surface area contributed by atoms with E-state index in [0.29, 0.717) is 12.0 Å². The third-order valence-electron chi connectivity index (χ3n) is 1.26. The van der Waals surface area contributed by atoms with E-state index in [1.54, 1.807) is 0 Å². The number of hydrogen-bond acceptors (Lipinski definition) is 2. The molecule has 0 saturated carbocycles. The van der Waals surface area contributed by atoms with E-state index in [-0.39, 0.29) is 0 Å². The molecule has 0 spiro atoms. The zero-order chi connectivity index (χ0) is 10.3. The second-order valence-electron chi connectivity index (χ2n) is 3.77. The lowest BCUT2D eigenvalue weighted by atomic mass is 10.2. The molecule has 0 heterocycles. The van der Waals surface area contributed by atoms with Crippen LogP contribution in [0.25, 0.3) is 0 Å². The first-order valence-corrected chi connectivity index (χ1v) is 4.89. The van der Waals surface area contributed by atoms with Crippen LogP contribution in [-0.2, 0) is 4.74 Å². The topological polar surface area (TPSA) is 21.6 Å². The van der Waals surface area contributed by atoms with Gasteiger partial charge in [-0.25, -0.2) is 4.99 Å². The summed E-state index contributed by atoms with van der Waals surface area (Å²) in [4.78, 5) is 4.35. The van der Waals surface area contributed by atoms with Crippen molar-refractivity contribution >= 4 is 5.90 Å². The number of aliphatic imine (C=N–C) groups is 1. The average Bonchev–Trinajstić information content (AvgIpc) is 1.99. The lowest BCUT2D eigenvalue weighted by molar-refractivity contribution is 0.259. The van der Waals surface area contributed by atoms with Crippen molar-refractivity contribution in [3.63, 3.8) is 0 Å². The first-order chi connectivity index (χ1) is 6.06. The minimum atomic E-state index is 0.290. The Kier molecular flexibility index (Phi) is 6.29. The van der Waals surface area contributed by atoms with Crippen LogP contribution in [0, 0.1) is 5.92 Å². The van der Waals surface area contributed by atoms with Crippen molar-refractivity contribution in [2.24, 2.45) is 10.9 Å². The van der Waals surface area contributed by atoms with E-state index in [9.17, 15) is 0 Å². The molecule has 0 atom stereocenters. The first-order valence-electron chi connectivity index (χ1n) is 4.89. The highest BCUT2D eigenvalue weighted by Gasteiger charge is 1.99. The molecule has 0 N–H and O–H groups in total. The van der Waals surface area contributed by atoms with Crippen LogP contribution in [0.15, 0.2) is 17.1 Å². The van der Waals surface area contributed by atoms with E-state index in [2.05, 4.69) is 18.8 Å². The summed E-state index contributed by atoms with van der Waals surface area (Å²) < 4.78 is 5.52. The summed E-state index contributed by atoms with van der Waals surface area (Å²) in [6, 6.07) is 0.290. The standard InChI is InChI=1S/C11H21NO/c1-6-7-11(12-10(4)5)13-8-9(2)3/h6-7,9-10H,8H2,1-5H3/b7-6-,12-11+. The van der Waals surface area contributed by atoms with Gasteiger partial charge in [-0.05, 0) is 32.8 Å². The molecule has 0 aromatic carbocycles. The third-order valence-corrected chi connectivity index (χ3v) is 1.26. The summed E-state index contributed by atoms with van der Waals surface area (Å²) in [5.41, 5.74) is 0. The van der Waals surface area contributed by atoms with Gasteiger partial charge in [0, 0.05) is 6.04 Å². The van der Waals surface area contributed by atoms with Gasteiger partial charge >= 0.3 is 0 Å². The maximum Gasteiger partial charge on any atom is 0.208 e. The SMILES string of the molecule is C/C=C\C(=N/C(C)C)OCC(C)C. The van der Waals surface area contributed by atoms with Crippen LogP contribution in [-0.4, -0.2) is 18.5 Å². The van der Waals surface area contributed by atoms with Gasteiger partial charge in [0.05, 0.1) is 6.61 Å². The van der Waals surface area contributed by atoms with Crippen LogP contribution < -0.4 is 0 Å². The largest absolute Gasteiger partial charge is 0.478 e. The fourth-order valence-corrected chi connectivity index (χ4v) is 0.778. The summed E-state index contributed by atoms with van der Waals surface area (Å²) in [5.74, 6) is 1.29. The molecule has 0 saturated heterocycles. The Hall–Kier alpha value is -0.790. The van der Waals surface area contributed by atoms with Crippen molar-refractivity contribution in [3.05, 3.63) is 12.2 Å². The Morgan fingerprint density at radius 2 is 1.92 bits per heavy atom. The lowest BCUT2D eigenvalue weighted by Gasteiger charge is -2.09. The van der Waals surface area contributed by atoms with Crippen LogP contribution in [0.4, 0.5) is 0 Å². The zero-order valence-electron chi connectivity index (χ0n) is 9.37. The number of nitrogens with zero attached hydrogens (tertiary/aromatic N) is 1. The van der Waals surface area contributed by atoms with Crippen LogP contribution in [0.5, 0.6) is 0 Å². The van der Waals surface area contributed by atoms with Crippen molar-refractivity contribution in [3.8, 4) is 0 Å². The smallest absolute Gasteiger partial charge is 0.208 e. The van der Waals surface area contributed by atoms with Gasteiger partial charge in [0.15, 0.2) is 0 Å². The average molecular weight is 183 g/mol. The molecule has 0 fully saturated rings. The van der Waals surface area contributed by atoms with Gasteiger partial charge in [-0.15, -0.1) is 0 Å². The summed E-state index contributed by atoms with van der Waals surface area (Å²) >= 11 is 0. The maximum absolute atomic E-state index is 5.52. The molecule has 13 heavy (non-hydrogen) atoms. The molecule has 0 aromatic heterocycles. The van der Waals surface area contributed by atoms with Crippen molar-refractivity contribution in [1.29, 1.82) is 0 Å². The van der Waals surface area contributed by atoms with Gasteiger partial charge in [0.2, 0.25) is 5.90 Å². The highest BCUT2D eigenvalue weighted by molar-refractivity contribution is 5.87. The van der Waals surface area contributed by atoms with Crippen LogP contribution in [0.2, 0.25) is 0 Å². The van der Waals surface area contributed by atoms with Crippen LogP contribution in [0.1, 0.15) is 34.6 Å². The van der Waals surface area contributed by atoms with E-state index >= 15 is 0 Å². The van der Waals surface area contributed by atoms with Crippen molar-refractivity contribution in [2.45, 2.75) is 40.7 Å². The van der Waals surface area contributed by atoms with Gasteiger partial charge in [0.25, 0.3) is 0 Å². The summed E-state index contributed by atoms with van der Waals surface area (Å²) in [5, 5.41) is 0. The van der Waals surface area contributed by atoms with E-state index in [1.165, 1.54) is 0 Å². The Balaban J connectivity index is 4.10. The Labute approximate surface area is 81.7 Å². The monoisotopic (exact) mass is 183 g/mol. The van der Waals surface area contributed by atoms with Gasteiger partial charge in [0.1, 0.15) is 0 Å². The number of rotatable bonds is 4. The predicted octanol–water partition coefficient (Wildman–Crippen LogP) is 3.04. The van der Waals surface area contributed by atoms with Gasteiger partial charge in [-0.1, -0.05) is 19.9 Å². The van der Waals surface area contributed by atoms with E-state index < -0.39 is 0 Å². The molecule has 0 rings (SSSR count). The highest BCUT2D eigenvalue weighted by atomic mass is 16.5. The quantitative estimate of drug-likeness (QED) is 0.485. The van der Waals surface area contributed by atoms with Crippen LogP contribution in [0.3, 0.4) is 0 Å². The minimum absolute atomic E-state index is 0.290. The predicted molar refractivity (Wildman–Crippen MR) is 58.2 cm³/mol. The molecule has 0 aliphatic heterocycles. The highest BCUT2D eigenvalue weighted by Crippen LogP contribution is 1.97. The summed E-state index contributed by atoms with van der Waals surface area (Å²) in [6.45, 7) is 11.0.